The summed E-state index contributed by atoms with van der Waals surface area (Å²) in [5.41, 5.74) is 0. The number of piperidine rings is 1. The van der Waals surface area contributed by atoms with Gasteiger partial charge in [-0.1, -0.05) is 6.08 Å². The molecule has 1 N–H and O–H groups in total. The zero-order valence-electron chi connectivity index (χ0n) is 6.31. The first-order chi connectivity index (χ1) is 4.43. The Bertz CT molecular complexity index is 87.3. The monoisotopic (exact) mass is 161 g/mol. The molecule has 0 saturated carbocycles. The summed E-state index contributed by atoms with van der Waals surface area (Å²) >= 11 is 0. The summed E-state index contributed by atoms with van der Waals surface area (Å²) in [5, 5.41) is 3.34. The van der Waals surface area contributed by atoms with E-state index in [9.17, 15) is 0 Å². The first kappa shape index (κ1) is 9.99. The van der Waals surface area contributed by atoms with Gasteiger partial charge in [-0.3, -0.25) is 0 Å². The van der Waals surface area contributed by atoms with Crippen molar-refractivity contribution in [3.8, 4) is 0 Å². The number of allylic oxidation sites excluding steroid dienone is 1. The lowest BCUT2D eigenvalue weighted by Gasteiger charge is -2.20. The van der Waals surface area contributed by atoms with Crippen LogP contribution in [0.5, 0.6) is 0 Å². The normalized spacial score (nSPS) is 19.6. The predicted octanol–water partition coefficient (Wildman–Crippen LogP) is 1.98. The third-order valence-electron chi connectivity index (χ3n) is 1.96. The van der Waals surface area contributed by atoms with Gasteiger partial charge in [0.1, 0.15) is 0 Å². The molecule has 60 valence electrons. The van der Waals surface area contributed by atoms with Gasteiger partial charge in [-0.2, -0.15) is 0 Å². The van der Waals surface area contributed by atoms with E-state index >= 15 is 0 Å². The van der Waals surface area contributed by atoms with E-state index in [1.807, 2.05) is 6.08 Å². The molecule has 1 nitrogen and oxygen atoms in total. The molecule has 0 aromatic carbocycles. The molecule has 0 bridgehead atoms. The largest absolute Gasteiger partial charge is 0.317 e. The average molecular weight is 162 g/mol. The second-order valence-corrected chi connectivity index (χ2v) is 2.72. The first-order valence-electron chi connectivity index (χ1n) is 3.75. The summed E-state index contributed by atoms with van der Waals surface area (Å²) in [7, 11) is 0. The van der Waals surface area contributed by atoms with E-state index in [1.165, 1.54) is 32.4 Å². The molecule has 0 spiro atoms. The van der Waals surface area contributed by atoms with Crippen molar-refractivity contribution in [3.05, 3.63) is 12.7 Å². The molecule has 0 atom stereocenters. The van der Waals surface area contributed by atoms with Gasteiger partial charge in [0.05, 0.1) is 0 Å². The molecule has 1 rings (SSSR count). The standard InChI is InChI=1S/C8H15N.ClH/c1-2-3-8-4-6-9-7-5-8;/h2,8-9H,1,3-7H2;1H. The molecule has 1 heterocycles. The molecule has 1 saturated heterocycles. The summed E-state index contributed by atoms with van der Waals surface area (Å²) in [5.74, 6) is 0.920. The van der Waals surface area contributed by atoms with Gasteiger partial charge in [-0.15, -0.1) is 19.0 Å². The van der Waals surface area contributed by atoms with Crippen LogP contribution in [0.15, 0.2) is 12.7 Å². The number of rotatable bonds is 2. The molecular formula is C8H16ClN. The average Bonchev–Trinajstić information content (AvgIpc) is 1.91. The maximum Gasteiger partial charge on any atom is -0.00462 e. The molecule has 10 heavy (non-hydrogen) atoms. The lowest BCUT2D eigenvalue weighted by atomic mass is 9.95. The smallest absolute Gasteiger partial charge is 0.00462 e. The summed E-state index contributed by atoms with van der Waals surface area (Å²) in [6.07, 6.45) is 5.93. The molecule has 0 aromatic rings. The number of halogens is 1. The van der Waals surface area contributed by atoms with Crippen molar-refractivity contribution in [2.75, 3.05) is 13.1 Å². The van der Waals surface area contributed by atoms with Crippen LogP contribution >= 0.6 is 12.4 Å². The molecule has 1 fully saturated rings. The summed E-state index contributed by atoms with van der Waals surface area (Å²) in [6, 6.07) is 0. The summed E-state index contributed by atoms with van der Waals surface area (Å²) in [4.78, 5) is 0. The van der Waals surface area contributed by atoms with Crippen LogP contribution in [-0.4, -0.2) is 13.1 Å². The first-order valence-corrected chi connectivity index (χ1v) is 3.75. The van der Waals surface area contributed by atoms with Crippen molar-refractivity contribution in [1.82, 2.24) is 5.32 Å². The van der Waals surface area contributed by atoms with E-state index in [0.29, 0.717) is 0 Å². The maximum absolute atomic E-state index is 3.73. The fraction of sp³-hybridized carbons (Fsp3) is 0.750. The topological polar surface area (TPSA) is 12.0 Å². The third kappa shape index (κ3) is 3.23. The van der Waals surface area contributed by atoms with Crippen molar-refractivity contribution < 1.29 is 0 Å². The molecular weight excluding hydrogens is 146 g/mol. The Morgan fingerprint density at radius 1 is 1.40 bits per heavy atom. The van der Waals surface area contributed by atoms with E-state index in [0.717, 1.165) is 5.92 Å². The minimum Gasteiger partial charge on any atom is -0.317 e. The Morgan fingerprint density at radius 2 is 2.00 bits per heavy atom. The molecule has 2 heteroatoms. The molecule has 0 unspecified atom stereocenters. The van der Waals surface area contributed by atoms with Gasteiger partial charge in [-0.25, -0.2) is 0 Å². The van der Waals surface area contributed by atoms with Crippen LogP contribution in [0.4, 0.5) is 0 Å². The Hall–Kier alpha value is -0.0100. The highest BCUT2D eigenvalue weighted by Crippen LogP contribution is 2.15. The van der Waals surface area contributed by atoms with Crippen LogP contribution in [-0.2, 0) is 0 Å². The molecule has 1 aliphatic rings. The third-order valence-corrected chi connectivity index (χ3v) is 1.96. The maximum atomic E-state index is 3.73. The van der Waals surface area contributed by atoms with Gasteiger partial charge in [0.2, 0.25) is 0 Å². The summed E-state index contributed by atoms with van der Waals surface area (Å²) < 4.78 is 0. The van der Waals surface area contributed by atoms with Gasteiger partial charge in [-0.05, 0) is 38.3 Å². The number of nitrogens with one attached hydrogen (secondary N) is 1. The van der Waals surface area contributed by atoms with Gasteiger partial charge in [0.15, 0.2) is 0 Å². The SMILES string of the molecule is C=CCC1CCNCC1.Cl. The fourth-order valence-electron chi connectivity index (χ4n) is 1.35. The molecule has 1 aliphatic heterocycles. The number of hydrogen-bond donors (Lipinski definition) is 1. The highest BCUT2D eigenvalue weighted by atomic mass is 35.5. The van der Waals surface area contributed by atoms with E-state index in [-0.39, 0.29) is 12.4 Å². The van der Waals surface area contributed by atoms with Crippen molar-refractivity contribution in [2.45, 2.75) is 19.3 Å². The van der Waals surface area contributed by atoms with Crippen LogP contribution in [0.1, 0.15) is 19.3 Å². The van der Waals surface area contributed by atoms with Gasteiger partial charge in [0.25, 0.3) is 0 Å². The summed E-state index contributed by atoms with van der Waals surface area (Å²) in [6.45, 7) is 6.15. The zero-order chi connectivity index (χ0) is 6.53. The lowest BCUT2D eigenvalue weighted by molar-refractivity contribution is 0.378. The second kappa shape index (κ2) is 5.75. The minimum atomic E-state index is 0. The Morgan fingerprint density at radius 3 is 2.50 bits per heavy atom. The van der Waals surface area contributed by atoms with Crippen molar-refractivity contribution in [2.24, 2.45) is 5.92 Å². The van der Waals surface area contributed by atoms with Crippen LogP contribution in [0.2, 0.25) is 0 Å². The van der Waals surface area contributed by atoms with E-state index in [4.69, 9.17) is 0 Å². The minimum absolute atomic E-state index is 0. The van der Waals surface area contributed by atoms with Crippen LogP contribution < -0.4 is 5.32 Å². The van der Waals surface area contributed by atoms with Crippen LogP contribution in [0.3, 0.4) is 0 Å². The highest BCUT2D eigenvalue weighted by molar-refractivity contribution is 5.85. The number of hydrogen-bond acceptors (Lipinski definition) is 1. The van der Waals surface area contributed by atoms with Crippen LogP contribution in [0, 0.1) is 5.92 Å². The lowest BCUT2D eigenvalue weighted by Crippen LogP contribution is -2.27. The fourth-order valence-corrected chi connectivity index (χ4v) is 1.35. The highest BCUT2D eigenvalue weighted by Gasteiger charge is 2.09. The van der Waals surface area contributed by atoms with E-state index in [2.05, 4.69) is 11.9 Å². The Labute approximate surface area is 69.3 Å². The van der Waals surface area contributed by atoms with Crippen LogP contribution in [0.25, 0.3) is 0 Å². The van der Waals surface area contributed by atoms with E-state index < -0.39 is 0 Å². The Balaban J connectivity index is 0.000000810. The van der Waals surface area contributed by atoms with Crippen molar-refractivity contribution in [1.29, 1.82) is 0 Å². The molecule has 0 aliphatic carbocycles. The van der Waals surface area contributed by atoms with Gasteiger partial charge in [0, 0.05) is 0 Å². The van der Waals surface area contributed by atoms with Gasteiger partial charge < -0.3 is 5.32 Å². The second-order valence-electron chi connectivity index (χ2n) is 2.72. The zero-order valence-corrected chi connectivity index (χ0v) is 7.12. The van der Waals surface area contributed by atoms with Gasteiger partial charge >= 0.3 is 0 Å². The molecule has 0 amide bonds. The predicted molar refractivity (Wildman–Crippen MR) is 47.7 cm³/mol. The molecule has 0 aromatic heterocycles. The Kier molecular flexibility index (Phi) is 5.74. The van der Waals surface area contributed by atoms with Crippen molar-refractivity contribution >= 4 is 12.4 Å². The van der Waals surface area contributed by atoms with Crippen molar-refractivity contribution in [3.63, 3.8) is 0 Å². The van der Waals surface area contributed by atoms with E-state index in [1.54, 1.807) is 0 Å². The molecule has 0 radical (unpaired) electrons. The quantitative estimate of drug-likeness (QED) is 0.611.